The zero-order valence-corrected chi connectivity index (χ0v) is 15.6. The summed E-state index contributed by atoms with van der Waals surface area (Å²) in [5.41, 5.74) is 1.43. The minimum atomic E-state index is 0.237. The average molecular weight is 344 g/mol. The van der Waals surface area contributed by atoms with E-state index in [1.54, 1.807) is 0 Å². The Hall–Kier alpha value is -1.39. The molecule has 0 saturated carbocycles. The number of piperidine rings is 1. The SMILES string of the molecule is C[C@H]1C[C@@H](C(=O)N2CCCN(CCCc3ccccc3)CC2)CCN1. The monoisotopic (exact) mass is 343 g/mol. The lowest BCUT2D eigenvalue weighted by Gasteiger charge is -2.31. The summed E-state index contributed by atoms with van der Waals surface area (Å²) in [6.07, 6.45) is 5.45. The molecule has 1 aromatic carbocycles. The third-order valence-electron chi connectivity index (χ3n) is 5.66. The number of carbonyl (C=O) groups excluding carboxylic acids is 1. The number of rotatable bonds is 5. The van der Waals surface area contributed by atoms with Crippen LogP contribution in [0.2, 0.25) is 0 Å². The molecule has 0 aromatic heterocycles. The van der Waals surface area contributed by atoms with Gasteiger partial charge < -0.3 is 15.1 Å². The Kier molecular flexibility index (Phi) is 6.88. The minimum Gasteiger partial charge on any atom is -0.341 e. The first kappa shape index (κ1) is 18.4. The summed E-state index contributed by atoms with van der Waals surface area (Å²) in [4.78, 5) is 17.5. The Morgan fingerprint density at radius 3 is 2.80 bits per heavy atom. The molecule has 2 fully saturated rings. The van der Waals surface area contributed by atoms with E-state index in [0.717, 1.165) is 65.0 Å². The molecule has 1 aromatic rings. The summed E-state index contributed by atoms with van der Waals surface area (Å²) in [6.45, 7) is 8.31. The van der Waals surface area contributed by atoms with Crippen LogP contribution in [0.3, 0.4) is 0 Å². The molecule has 0 unspecified atom stereocenters. The molecule has 1 amide bonds. The van der Waals surface area contributed by atoms with Crippen LogP contribution in [0, 0.1) is 5.92 Å². The lowest BCUT2D eigenvalue weighted by molar-refractivity contribution is -0.136. The molecule has 0 bridgehead atoms. The fourth-order valence-electron chi connectivity index (χ4n) is 4.18. The summed E-state index contributed by atoms with van der Waals surface area (Å²) in [7, 11) is 0. The van der Waals surface area contributed by atoms with Crippen molar-refractivity contribution in [2.75, 3.05) is 39.3 Å². The van der Waals surface area contributed by atoms with Gasteiger partial charge in [-0.1, -0.05) is 30.3 Å². The predicted molar refractivity (Wildman–Crippen MR) is 103 cm³/mol. The average Bonchev–Trinajstić information content (AvgIpc) is 2.88. The van der Waals surface area contributed by atoms with Gasteiger partial charge >= 0.3 is 0 Å². The van der Waals surface area contributed by atoms with E-state index in [1.807, 2.05) is 0 Å². The van der Waals surface area contributed by atoms with E-state index in [0.29, 0.717) is 11.9 Å². The number of amides is 1. The maximum absolute atomic E-state index is 12.8. The first-order valence-corrected chi connectivity index (χ1v) is 10.0. The van der Waals surface area contributed by atoms with Gasteiger partial charge in [-0.15, -0.1) is 0 Å². The number of nitrogens with zero attached hydrogens (tertiary/aromatic N) is 2. The second kappa shape index (κ2) is 9.35. The molecule has 1 N–H and O–H groups in total. The normalized spacial score (nSPS) is 25.6. The van der Waals surface area contributed by atoms with E-state index >= 15 is 0 Å². The van der Waals surface area contributed by atoms with Crippen molar-refractivity contribution in [3.8, 4) is 0 Å². The Morgan fingerprint density at radius 2 is 2.00 bits per heavy atom. The van der Waals surface area contributed by atoms with Gasteiger partial charge in [0.2, 0.25) is 5.91 Å². The second-order valence-corrected chi connectivity index (χ2v) is 7.69. The van der Waals surface area contributed by atoms with E-state index < -0.39 is 0 Å². The lowest BCUT2D eigenvalue weighted by Crippen LogP contribution is -2.45. The minimum absolute atomic E-state index is 0.237. The van der Waals surface area contributed by atoms with Crippen molar-refractivity contribution in [2.24, 2.45) is 5.92 Å². The molecule has 0 radical (unpaired) electrons. The van der Waals surface area contributed by atoms with Gasteiger partial charge in [-0.2, -0.15) is 0 Å². The molecular weight excluding hydrogens is 310 g/mol. The molecule has 4 nitrogen and oxygen atoms in total. The topological polar surface area (TPSA) is 35.6 Å². The van der Waals surface area contributed by atoms with Gasteiger partial charge in [0, 0.05) is 31.6 Å². The van der Waals surface area contributed by atoms with Crippen LogP contribution < -0.4 is 5.32 Å². The molecule has 2 saturated heterocycles. The Bertz CT molecular complexity index is 533. The fraction of sp³-hybridized carbons (Fsp3) is 0.667. The summed E-state index contributed by atoms with van der Waals surface area (Å²) < 4.78 is 0. The van der Waals surface area contributed by atoms with Gasteiger partial charge in [-0.3, -0.25) is 4.79 Å². The highest BCUT2D eigenvalue weighted by atomic mass is 16.2. The van der Waals surface area contributed by atoms with E-state index in [1.165, 1.54) is 12.0 Å². The molecule has 2 atom stereocenters. The smallest absolute Gasteiger partial charge is 0.225 e. The zero-order valence-electron chi connectivity index (χ0n) is 15.6. The van der Waals surface area contributed by atoms with E-state index in [-0.39, 0.29) is 5.92 Å². The summed E-state index contributed by atoms with van der Waals surface area (Å²) in [5, 5.41) is 3.45. The van der Waals surface area contributed by atoms with E-state index in [2.05, 4.69) is 52.4 Å². The molecule has 138 valence electrons. The number of hydrogen-bond donors (Lipinski definition) is 1. The van der Waals surface area contributed by atoms with Gasteiger partial charge in [-0.05, 0) is 64.2 Å². The van der Waals surface area contributed by atoms with Crippen LogP contribution in [0.4, 0.5) is 0 Å². The Labute approximate surface area is 152 Å². The molecule has 4 heteroatoms. The number of benzene rings is 1. The summed E-state index contributed by atoms with van der Waals surface area (Å²) in [5.74, 6) is 0.639. The van der Waals surface area contributed by atoms with Crippen LogP contribution in [-0.4, -0.2) is 61.0 Å². The van der Waals surface area contributed by atoms with Crippen molar-refractivity contribution >= 4 is 5.91 Å². The second-order valence-electron chi connectivity index (χ2n) is 7.69. The first-order chi connectivity index (χ1) is 12.2. The molecule has 2 heterocycles. The van der Waals surface area contributed by atoms with Gasteiger partial charge in [-0.25, -0.2) is 0 Å². The largest absolute Gasteiger partial charge is 0.341 e. The highest BCUT2D eigenvalue weighted by Crippen LogP contribution is 2.20. The van der Waals surface area contributed by atoms with Crippen molar-refractivity contribution in [3.05, 3.63) is 35.9 Å². The van der Waals surface area contributed by atoms with E-state index in [9.17, 15) is 4.79 Å². The molecule has 2 aliphatic rings. The van der Waals surface area contributed by atoms with Gasteiger partial charge in [0.15, 0.2) is 0 Å². The highest BCUT2D eigenvalue weighted by molar-refractivity contribution is 5.79. The third kappa shape index (κ3) is 5.55. The number of carbonyl (C=O) groups is 1. The maximum Gasteiger partial charge on any atom is 0.225 e. The fourth-order valence-corrected chi connectivity index (χ4v) is 4.18. The summed E-state index contributed by atoms with van der Waals surface area (Å²) >= 11 is 0. The molecule has 0 aliphatic carbocycles. The third-order valence-corrected chi connectivity index (χ3v) is 5.66. The van der Waals surface area contributed by atoms with Crippen LogP contribution in [0.1, 0.15) is 38.2 Å². The Balaban J connectivity index is 1.41. The van der Waals surface area contributed by atoms with Crippen LogP contribution >= 0.6 is 0 Å². The number of hydrogen-bond acceptors (Lipinski definition) is 3. The van der Waals surface area contributed by atoms with Crippen molar-refractivity contribution in [2.45, 2.75) is 45.1 Å². The summed E-state index contributed by atoms with van der Waals surface area (Å²) in [6, 6.07) is 11.2. The number of aryl methyl sites for hydroxylation is 1. The van der Waals surface area contributed by atoms with Crippen molar-refractivity contribution in [1.29, 1.82) is 0 Å². The van der Waals surface area contributed by atoms with Crippen LogP contribution in [-0.2, 0) is 11.2 Å². The van der Waals surface area contributed by atoms with Crippen molar-refractivity contribution in [1.82, 2.24) is 15.1 Å². The van der Waals surface area contributed by atoms with Crippen molar-refractivity contribution in [3.63, 3.8) is 0 Å². The lowest BCUT2D eigenvalue weighted by atomic mass is 9.92. The standard InChI is InChI=1S/C21H33N3O/c1-18-17-20(10-11-22-18)21(25)24-14-6-13-23(15-16-24)12-5-9-19-7-3-2-4-8-19/h2-4,7-8,18,20,22H,5-6,9-17H2,1H3/t18-,20-/m0/s1. The maximum atomic E-state index is 12.8. The van der Waals surface area contributed by atoms with Gasteiger partial charge in [0.05, 0.1) is 0 Å². The molecule has 2 aliphatic heterocycles. The van der Waals surface area contributed by atoms with Crippen LogP contribution in [0.5, 0.6) is 0 Å². The highest BCUT2D eigenvalue weighted by Gasteiger charge is 2.29. The van der Waals surface area contributed by atoms with E-state index in [4.69, 9.17) is 0 Å². The van der Waals surface area contributed by atoms with Gasteiger partial charge in [0.1, 0.15) is 0 Å². The number of nitrogens with one attached hydrogen (secondary N) is 1. The van der Waals surface area contributed by atoms with Crippen LogP contribution in [0.15, 0.2) is 30.3 Å². The van der Waals surface area contributed by atoms with Gasteiger partial charge in [0.25, 0.3) is 0 Å². The van der Waals surface area contributed by atoms with Crippen molar-refractivity contribution < 1.29 is 4.79 Å². The quantitative estimate of drug-likeness (QED) is 0.892. The molecule has 0 spiro atoms. The Morgan fingerprint density at radius 1 is 1.16 bits per heavy atom. The predicted octanol–water partition coefficient (Wildman–Crippen LogP) is 2.54. The first-order valence-electron chi connectivity index (χ1n) is 10.0. The molecule has 25 heavy (non-hydrogen) atoms. The molecule has 3 rings (SSSR count). The molecular formula is C21H33N3O. The zero-order chi connectivity index (χ0) is 17.5. The van der Waals surface area contributed by atoms with Crippen LogP contribution in [0.25, 0.3) is 0 Å².